The third kappa shape index (κ3) is 38.8. The molecule has 16 heteroatoms. The van der Waals surface area contributed by atoms with Gasteiger partial charge in [-0.3, -0.25) is 19.9 Å². The summed E-state index contributed by atoms with van der Waals surface area (Å²) in [6.45, 7) is 52.1. The fraction of sp³-hybridized carbons (Fsp3) is 0.351. The van der Waals surface area contributed by atoms with Gasteiger partial charge in [0.05, 0.1) is 69.5 Å². The van der Waals surface area contributed by atoms with E-state index in [4.69, 9.17) is 30.1 Å². The second-order valence-corrected chi connectivity index (χ2v) is 35.1. The van der Waals surface area contributed by atoms with Crippen molar-refractivity contribution in [2.75, 3.05) is 0 Å². The summed E-state index contributed by atoms with van der Waals surface area (Å²) in [6.07, 6.45) is 5.64. The van der Waals surface area contributed by atoms with Crippen LogP contribution >= 0.6 is 0 Å². The van der Waals surface area contributed by atoms with E-state index in [-0.39, 0.29) is 110 Å². The minimum Gasteiger partial charge on any atom is -0.513 e. The Labute approximate surface area is 832 Å². The molecule has 4 aromatic heterocycles. The van der Waals surface area contributed by atoms with Crippen molar-refractivity contribution in [3.8, 4) is 45.0 Å². The summed E-state index contributed by atoms with van der Waals surface area (Å²) in [5.74, 6) is 3.08. The molecular formula is C114H140Ir4N4O8-4. The van der Waals surface area contributed by atoms with Crippen molar-refractivity contribution < 1.29 is 121 Å². The van der Waals surface area contributed by atoms with Gasteiger partial charge in [0.1, 0.15) is 0 Å². The number of aromatic nitrogens is 4. The van der Waals surface area contributed by atoms with Crippen LogP contribution in [0, 0.1) is 103 Å². The molecule has 8 N–H and O–H groups in total. The zero-order valence-corrected chi connectivity index (χ0v) is 90.7. The molecule has 4 atom stereocenters. The van der Waals surface area contributed by atoms with Crippen LogP contribution in [0.15, 0.2) is 241 Å². The molecule has 0 amide bonds. The van der Waals surface area contributed by atoms with E-state index in [1.807, 2.05) is 71.9 Å². The molecular weight excluding hydrogens is 2320 g/mol. The third-order valence-electron chi connectivity index (χ3n) is 20.6. The van der Waals surface area contributed by atoms with Crippen LogP contribution in [0.25, 0.3) is 94.2 Å². The fourth-order valence-electron chi connectivity index (χ4n) is 14.7. The summed E-state index contributed by atoms with van der Waals surface area (Å²) in [7, 11) is 0. The average molecular weight is 2460 g/mol. The molecule has 4 heterocycles. The Kier molecular flexibility index (Phi) is 52.6. The summed E-state index contributed by atoms with van der Waals surface area (Å²) >= 11 is 0. The maximum atomic E-state index is 9.47. The van der Waals surface area contributed by atoms with Gasteiger partial charge in [0.15, 0.2) is 0 Å². The standard InChI is InChI=1S/2C20H20N.2C19H18N.C11H14O2.C11H22O2.C9H18O2.C5H10O2.4Ir/c2*1-13(2)17-6-5-7-20-18(17)8-9-19(21-20)16-11-14(3)10-15(4)12-16;2*1-4-15-6-5-7-19-17(15)8-9-18(20-19)16-11-13(2)10-14(3)12-16;1-8(12)11(9(2)13)10-6-4-3-5-7-10;1-8(2)5-10(12)7-11(13)6-9(3)4;1-6(2)8(10)5-9(11)7(3)4;1-4(6)3-5(2)7;;;;/h2*5-11,13H,1-4H3;2*5-11H,4H2,1-3H3;3-8,12-13H,1-2H3;7-10,12-13H,5-6H2,1-4H3;5-8,10-11H,1-4H3;3-4,6-7H,1-2H3;;;;/q4*-1;;;;;;;;. The molecule has 0 aliphatic heterocycles. The molecule has 130 heavy (non-hydrogen) atoms. The maximum absolute atomic E-state index is 9.47. The van der Waals surface area contributed by atoms with Gasteiger partial charge in [0.25, 0.3) is 0 Å². The Morgan fingerprint density at radius 3 is 0.962 bits per heavy atom. The Bertz CT molecular complexity index is 5430. The van der Waals surface area contributed by atoms with Gasteiger partial charge in [-0.25, -0.2) is 0 Å². The van der Waals surface area contributed by atoms with Crippen LogP contribution in [0.5, 0.6) is 0 Å². The predicted octanol–water partition coefficient (Wildman–Crippen LogP) is 28.8. The molecule has 4 unspecified atom stereocenters. The first-order valence-electron chi connectivity index (χ1n) is 44.5. The second kappa shape index (κ2) is 58.3. The van der Waals surface area contributed by atoms with Gasteiger partial charge in [-0.2, -0.15) is 0 Å². The largest absolute Gasteiger partial charge is 0.513 e. The van der Waals surface area contributed by atoms with Crippen molar-refractivity contribution >= 4 is 49.2 Å². The monoisotopic (exact) mass is 2460 g/mol. The molecule has 0 aliphatic carbocycles. The number of hydrogen-bond acceptors (Lipinski definition) is 12. The van der Waals surface area contributed by atoms with Gasteiger partial charge < -0.3 is 40.9 Å². The summed E-state index contributed by atoms with van der Waals surface area (Å²) < 4.78 is 0. The van der Waals surface area contributed by atoms with Crippen LogP contribution in [0.3, 0.4) is 0 Å². The van der Waals surface area contributed by atoms with Crippen molar-refractivity contribution in [1.29, 1.82) is 0 Å². The van der Waals surface area contributed by atoms with E-state index < -0.39 is 24.4 Å². The number of aliphatic hydroxyl groups excluding tert-OH is 8. The smallest absolute Gasteiger partial charge is 0.0955 e. The summed E-state index contributed by atoms with van der Waals surface area (Å²) in [4.78, 5) is 19.3. The minimum absolute atomic E-state index is 0. The molecule has 0 saturated carbocycles. The Morgan fingerprint density at radius 2 is 0.700 bits per heavy atom. The number of nitrogens with zero attached hydrogens (tertiary/aromatic N) is 4. The molecule has 13 aromatic rings. The molecule has 12 nitrogen and oxygen atoms in total. The van der Waals surface area contributed by atoms with Crippen molar-refractivity contribution in [1.82, 2.24) is 19.9 Å². The van der Waals surface area contributed by atoms with Crippen molar-refractivity contribution in [2.45, 2.75) is 242 Å². The van der Waals surface area contributed by atoms with E-state index in [0.29, 0.717) is 47.8 Å². The number of benzene rings is 9. The fourth-order valence-corrected chi connectivity index (χ4v) is 14.7. The van der Waals surface area contributed by atoms with E-state index >= 15 is 0 Å². The van der Waals surface area contributed by atoms with Crippen LogP contribution < -0.4 is 0 Å². The Morgan fingerprint density at radius 1 is 0.369 bits per heavy atom. The van der Waals surface area contributed by atoms with Gasteiger partial charge in [0.2, 0.25) is 0 Å². The first-order valence-corrected chi connectivity index (χ1v) is 44.5. The number of fused-ring (bicyclic) bond motifs is 4. The number of aliphatic hydroxyl groups is 8. The first kappa shape index (κ1) is 117. The molecule has 0 aliphatic rings. The normalized spacial score (nSPS) is 12.3. The van der Waals surface area contributed by atoms with Crippen molar-refractivity contribution in [3.05, 3.63) is 338 Å². The SMILES string of the molecule is CC(C)C(O)=CC(O)C(C)C.CC(C)CC(O)=CC(O)CC(C)C.CC(O)=C(c1ccccc1)C(C)O.CC(O)=CC(C)O.CCc1cccc2nc(-c3[c-]c(C)cc(C)c3)ccc12.CCc1cccc2nc(-c3[c-]c(C)cc(C)c3)ccc12.Cc1[c-]c(-c2ccc3c(C(C)C)cccc3n2)cc(C)c1.Cc1[c-]c(-c2ccc3c(C(C)C)cccc3n2)cc(C)c1.[Ir].[Ir].[Ir].[Ir]. The van der Waals surface area contributed by atoms with Crippen LogP contribution in [0.4, 0.5) is 0 Å². The summed E-state index contributed by atoms with van der Waals surface area (Å²) in [6, 6.07) is 82.7. The van der Waals surface area contributed by atoms with Crippen molar-refractivity contribution in [2.24, 2.45) is 23.7 Å². The number of pyridine rings is 4. The van der Waals surface area contributed by atoms with Gasteiger partial charge >= 0.3 is 0 Å². The number of rotatable bonds is 19. The molecule has 9 aromatic carbocycles. The number of allylic oxidation sites excluding steroid dienone is 4. The summed E-state index contributed by atoms with van der Waals surface area (Å²) in [5.41, 5.74) is 29.0. The molecule has 4 radical (unpaired) electrons. The zero-order chi connectivity index (χ0) is 93.3. The van der Waals surface area contributed by atoms with E-state index in [1.165, 1.54) is 85.1 Å². The van der Waals surface area contributed by atoms with Gasteiger partial charge in [-0.05, 0) is 170 Å². The third-order valence-corrected chi connectivity index (χ3v) is 20.6. The Hall–Kier alpha value is -8.78. The van der Waals surface area contributed by atoms with Crippen molar-refractivity contribution in [3.63, 3.8) is 0 Å². The van der Waals surface area contributed by atoms with E-state index in [0.717, 1.165) is 108 Å². The van der Waals surface area contributed by atoms with Crippen LogP contribution in [0.1, 0.15) is 222 Å². The van der Waals surface area contributed by atoms with Gasteiger partial charge in [0, 0.05) is 120 Å². The molecule has 704 valence electrons. The van der Waals surface area contributed by atoms with Crippen LogP contribution in [-0.4, -0.2) is 85.2 Å². The van der Waals surface area contributed by atoms with Crippen LogP contribution in [0.2, 0.25) is 0 Å². The van der Waals surface area contributed by atoms with Gasteiger partial charge in [-0.15, -0.1) is 140 Å². The average Bonchev–Trinajstić information content (AvgIpc) is 0.842. The number of aryl methyl sites for hydroxylation is 10. The molecule has 13 rings (SSSR count). The molecule has 0 spiro atoms. The topological polar surface area (TPSA) is 213 Å². The quantitative estimate of drug-likeness (QED) is 0.0281. The van der Waals surface area contributed by atoms with Crippen LogP contribution in [-0.2, 0) is 93.3 Å². The van der Waals surface area contributed by atoms with Gasteiger partial charge in [-0.1, -0.05) is 280 Å². The van der Waals surface area contributed by atoms with E-state index in [2.05, 4.69) is 305 Å². The molecule has 0 bridgehead atoms. The molecule has 0 fully saturated rings. The summed E-state index contributed by atoms with van der Waals surface area (Å²) in [5, 5.41) is 78.1. The molecule has 0 saturated heterocycles. The second-order valence-electron chi connectivity index (χ2n) is 35.1. The number of hydrogen-bond donors (Lipinski definition) is 8. The van der Waals surface area contributed by atoms with E-state index in [9.17, 15) is 30.6 Å². The maximum Gasteiger partial charge on any atom is 0.0955 e. The minimum atomic E-state index is -0.646. The Balaban J connectivity index is 0.000000510. The van der Waals surface area contributed by atoms with E-state index in [1.54, 1.807) is 26.8 Å². The zero-order valence-electron chi connectivity index (χ0n) is 81.1. The predicted molar refractivity (Wildman–Crippen MR) is 532 cm³/mol. The first-order chi connectivity index (χ1) is 59.5.